The van der Waals surface area contributed by atoms with Crippen molar-refractivity contribution in [2.45, 2.75) is 50.6 Å². The Balaban J connectivity index is 1.72. The van der Waals surface area contributed by atoms with Gasteiger partial charge in [-0.25, -0.2) is 13.3 Å². The van der Waals surface area contributed by atoms with E-state index in [1.807, 2.05) is 26.0 Å². The molecule has 198 valence electrons. The first-order valence-corrected chi connectivity index (χ1v) is 13.9. The van der Waals surface area contributed by atoms with Gasteiger partial charge in [-0.05, 0) is 59.5 Å². The van der Waals surface area contributed by atoms with Crippen LogP contribution in [0.3, 0.4) is 0 Å². The van der Waals surface area contributed by atoms with E-state index in [0.717, 1.165) is 14.8 Å². The van der Waals surface area contributed by atoms with Gasteiger partial charge >= 0.3 is 0 Å². The van der Waals surface area contributed by atoms with E-state index in [4.69, 9.17) is 11.6 Å². The molecule has 0 aliphatic carbocycles. The number of halogens is 1. The standard InChI is InChI=1S/C28H28ClN3O5S/c1-18(2)20-8-12-23(13-9-20)32-27(34)16-26(28(32)35)31(17-21-6-4-5-7-25(21)29)38(36,37)24-14-10-22(11-15-24)30-19(3)33/h4-15,18,26H,16-17H2,1-3H3,(H,30,33). The number of nitrogens with one attached hydrogen (secondary N) is 1. The third-order valence-corrected chi connectivity index (χ3v) is 8.59. The Bertz CT molecular complexity index is 1470. The number of hydrogen-bond donors (Lipinski definition) is 1. The fourth-order valence-corrected chi connectivity index (χ4v) is 6.08. The van der Waals surface area contributed by atoms with Crippen LogP contribution in [0.1, 0.15) is 44.2 Å². The van der Waals surface area contributed by atoms with E-state index in [1.165, 1.54) is 31.2 Å². The van der Waals surface area contributed by atoms with Crippen LogP contribution in [-0.2, 0) is 31.0 Å². The van der Waals surface area contributed by atoms with Crippen LogP contribution < -0.4 is 10.2 Å². The summed E-state index contributed by atoms with van der Waals surface area (Å²) in [6, 6.07) is 18.2. The molecule has 1 atom stereocenters. The quantitative estimate of drug-likeness (QED) is 0.398. The lowest BCUT2D eigenvalue weighted by Crippen LogP contribution is -2.45. The van der Waals surface area contributed by atoms with Crippen molar-refractivity contribution < 1.29 is 22.8 Å². The average Bonchev–Trinajstić information content (AvgIpc) is 3.16. The second-order valence-corrected chi connectivity index (χ2v) is 11.7. The molecule has 3 aromatic carbocycles. The first kappa shape index (κ1) is 27.5. The fraction of sp³-hybridized carbons (Fsp3) is 0.250. The molecule has 0 spiro atoms. The lowest BCUT2D eigenvalue weighted by atomic mass is 10.0. The predicted molar refractivity (Wildman–Crippen MR) is 146 cm³/mol. The summed E-state index contributed by atoms with van der Waals surface area (Å²) in [7, 11) is -4.26. The summed E-state index contributed by atoms with van der Waals surface area (Å²) in [6.45, 7) is 5.22. The smallest absolute Gasteiger partial charge is 0.252 e. The minimum absolute atomic E-state index is 0.0846. The Morgan fingerprint density at radius 3 is 2.24 bits per heavy atom. The van der Waals surface area contributed by atoms with Gasteiger partial charge in [-0.2, -0.15) is 4.31 Å². The highest BCUT2D eigenvalue weighted by atomic mass is 35.5. The van der Waals surface area contributed by atoms with Gasteiger partial charge in [0.15, 0.2) is 0 Å². The zero-order valence-corrected chi connectivity index (χ0v) is 22.8. The average molecular weight is 554 g/mol. The molecule has 3 amide bonds. The Morgan fingerprint density at radius 2 is 1.66 bits per heavy atom. The molecule has 4 rings (SSSR count). The van der Waals surface area contributed by atoms with Crippen LogP contribution in [0.15, 0.2) is 77.7 Å². The minimum Gasteiger partial charge on any atom is -0.326 e. The van der Waals surface area contributed by atoms with Gasteiger partial charge in [0.2, 0.25) is 21.8 Å². The van der Waals surface area contributed by atoms with Gasteiger partial charge < -0.3 is 5.32 Å². The first-order chi connectivity index (χ1) is 18.0. The lowest BCUT2D eigenvalue weighted by molar-refractivity contribution is -0.122. The molecule has 8 nitrogen and oxygen atoms in total. The second kappa shape index (κ2) is 11.1. The Hall–Kier alpha value is -3.53. The fourth-order valence-electron chi connectivity index (χ4n) is 4.33. The van der Waals surface area contributed by atoms with Crippen molar-refractivity contribution in [2.24, 2.45) is 0 Å². The van der Waals surface area contributed by atoms with E-state index in [9.17, 15) is 22.8 Å². The molecular weight excluding hydrogens is 526 g/mol. The van der Waals surface area contributed by atoms with Crippen LogP contribution in [0, 0.1) is 0 Å². The summed E-state index contributed by atoms with van der Waals surface area (Å²) in [5.74, 6) is -1.14. The number of carbonyl (C=O) groups excluding carboxylic acids is 3. The number of sulfonamides is 1. The molecule has 38 heavy (non-hydrogen) atoms. The van der Waals surface area contributed by atoms with Gasteiger partial charge in [0, 0.05) is 24.2 Å². The number of rotatable bonds is 8. The van der Waals surface area contributed by atoms with E-state index in [2.05, 4.69) is 5.32 Å². The van der Waals surface area contributed by atoms with Crippen molar-refractivity contribution in [3.63, 3.8) is 0 Å². The van der Waals surface area contributed by atoms with Crippen LogP contribution in [0.4, 0.5) is 11.4 Å². The number of imide groups is 1. The highest BCUT2D eigenvalue weighted by Crippen LogP contribution is 2.32. The van der Waals surface area contributed by atoms with Crippen molar-refractivity contribution in [2.75, 3.05) is 10.2 Å². The lowest BCUT2D eigenvalue weighted by Gasteiger charge is -2.27. The summed E-state index contributed by atoms with van der Waals surface area (Å²) in [6.07, 6.45) is -0.307. The van der Waals surface area contributed by atoms with Gasteiger partial charge in [0.25, 0.3) is 5.91 Å². The van der Waals surface area contributed by atoms with Crippen molar-refractivity contribution in [1.29, 1.82) is 0 Å². The monoisotopic (exact) mass is 553 g/mol. The van der Waals surface area contributed by atoms with E-state index >= 15 is 0 Å². The molecule has 1 N–H and O–H groups in total. The number of hydrogen-bond acceptors (Lipinski definition) is 5. The van der Waals surface area contributed by atoms with Crippen LogP contribution in [0.5, 0.6) is 0 Å². The summed E-state index contributed by atoms with van der Waals surface area (Å²) in [4.78, 5) is 39.0. The molecule has 10 heteroatoms. The summed E-state index contributed by atoms with van der Waals surface area (Å²) < 4.78 is 28.8. The van der Waals surface area contributed by atoms with Crippen molar-refractivity contribution in [1.82, 2.24) is 4.31 Å². The van der Waals surface area contributed by atoms with Crippen molar-refractivity contribution in [3.05, 3.63) is 88.9 Å². The summed E-state index contributed by atoms with van der Waals surface area (Å²) >= 11 is 6.35. The zero-order chi connectivity index (χ0) is 27.6. The SMILES string of the molecule is CC(=O)Nc1ccc(S(=O)(=O)N(Cc2ccccc2Cl)C2CC(=O)N(c3ccc(C(C)C)cc3)C2=O)cc1. The van der Waals surface area contributed by atoms with Gasteiger partial charge in [-0.15, -0.1) is 0 Å². The third kappa shape index (κ3) is 5.65. The van der Waals surface area contributed by atoms with Crippen LogP contribution in [-0.4, -0.2) is 36.5 Å². The molecule has 0 saturated carbocycles. The van der Waals surface area contributed by atoms with Gasteiger partial charge in [-0.3, -0.25) is 14.4 Å². The molecule has 1 aliphatic heterocycles. The summed E-state index contributed by atoms with van der Waals surface area (Å²) in [5, 5.41) is 2.93. The van der Waals surface area contributed by atoms with E-state index in [0.29, 0.717) is 22.0 Å². The maximum Gasteiger partial charge on any atom is 0.252 e. The molecule has 1 unspecified atom stereocenters. The molecule has 0 aromatic heterocycles. The topological polar surface area (TPSA) is 104 Å². The van der Waals surface area contributed by atoms with E-state index in [-0.39, 0.29) is 29.7 Å². The zero-order valence-electron chi connectivity index (χ0n) is 21.2. The summed E-state index contributed by atoms with van der Waals surface area (Å²) in [5.41, 5.74) is 2.36. The van der Waals surface area contributed by atoms with Crippen LogP contribution in [0.25, 0.3) is 0 Å². The van der Waals surface area contributed by atoms with Crippen molar-refractivity contribution >= 4 is 50.7 Å². The predicted octanol–water partition coefficient (Wildman–Crippen LogP) is 4.94. The number of carbonyl (C=O) groups is 3. The Morgan fingerprint density at radius 1 is 1.03 bits per heavy atom. The molecule has 0 radical (unpaired) electrons. The van der Waals surface area contributed by atoms with Crippen LogP contribution in [0.2, 0.25) is 5.02 Å². The van der Waals surface area contributed by atoms with Gasteiger partial charge in [-0.1, -0.05) is 55.8 Å². The largest absolute Gasteiger partial charge is 0.326 e. The highest BCUT2D eigenvalue weighted by Gasteiger charge is 2.47. The Kier molecular flexibility index (Phi) is 8.01. The van der Waals surface area contributed by atoms with Crippen LogP contribution >= 0.6 is 11.6 Å². The second-order valence-electron chi connectivity index (χ2n) is 9.38. The molecule has 1 aliphatic rings. The normalized spacial score (nSPS) is 15.9. The highest BCUT2D eigenvalue weighted by molar-refractivity contribution is 7.89. The van der Waals surface area contributed by atoms with E-state index < -0.39 is 27.9 Å². The molecule has 1 fully saturated rings. The maximum atomic E-state index is 13.9. The molecule has 1 saturated heterocycles. The first-order valence-electron chi connectivity index (χ1n) is 12.1. The Labute approximate surface area is 227 Å². The minimum atomic E-state index is -4.26. The maximum absolute atomic E-state index is 13.9. The van der Waals surface area contributed by atoms with Gasteiger partial charge in [0.05, 0.1) is 17.0 Å². The molecule has 0 bridgehead atoms. The number of benzene rings is 3. The number of anilines is 2. The number of nitrogens with zero attached hydrogens (tertiary/aromatic N) is 2. The molecule has 1 heterocycles. The number of amides is 3. The van der Waals surface area contributed by atoms with Crippen molar-refractivity contribution in [3.8, 4) is 0 Å². The molecular formula is C28H28ClN3O5S. The molecule has 3 aromatic rings. The van der Waals surface area contributed by atoms with Gasteiger partial charge in [0.1, 0.15) is 6.04 Å². The van der Waals surface area contributed by atoms with E-state index in [1.54, 1.807) is 36.4 Å². The third-order valence-electron chi connectivity index (χ3n) is 6.35.